The molecule has 0 aliphatic heterocycles. The molecule has 0 spiro atoms. The maximum Gasteiger partial charge on any atom is 0.176 e. The second-order valence-corrected chi connectivity index (χ2v) is 5.69. The molecule has 0 bridgehead atoms. The van der Waals surface area contributed by atoms with Crippen molar-refractivity contribution in [2.75, 3.05) is 13.6 Å². The third kappa shape index (κ3) is 3.73. The molecule has 1 aliphatic carbocycles. The van der Waals surface area contributed by atoms with Gasteiger partial charge in [-0.1, -0.05) is 25.7 Å². The molecule has 1 aromatic carbocycles. The van der Waals surface area contributed by atoms with Crippen LogP contribution >= 0.6 is 0 Å². The van der Waals surface area contributed by atoms with E-state index in [1.165, 1.54) is 37.8 Å². The molecule has 0 heterocycles. The maximum absolute atomic E-state index is 12.2. The molecular weight excluding hydrogens is 254 g/mol. The van der Waals surface area contributed by atoms with Gasteiger partial charge in [0.15, 0.2) is 17.3 Å². The van der Waals surface area contributed by atoms with Crippen LogP contribution in [0.3, 0.4) is 0 Å². The Balaban J connectivity index is 1.97. The van der Waals surface area contributed by atoms with Crippen molar-refractivity contribution in [1.29, 1.82) is 0 Å². The lowest BCUT2D eigenvalue weighted by atomic mass is 10.1. The molecule has 20 heavy (non-hydrogen) atoms. The monoisotopic (exact) mass is 277 g/mol. The summed E-state index contributed by atoms with van der Waals surface area (Å²) in [4.78, 5) is 14.3. The predicted octanol–water partition coefficient (Wildman–Crippen LogP) is 2.94. The van der Waals surface area contributed by atoms with E-state index in [0.717, 1.165) is 12.8 Å². The average molecular weight is 277 g/mol. The number of hydrogen-bond donors (Lipinski definition) is 2. The summed E-state index contributed by atoms with van der Waals surface area (Å²) in [6.45, 7) is 0.356. The second kappa shape index (κ2) is 6.75. The number of likely N-dealkylation sites (N-methyl/N-ethyl adjacent to an activating group) is 1. The quantitative estimate of drug-likeness (QED) is 0.504. The Bertz CT molecular complexity index is 465. The van der Waals surface area contributed by atoms with Gasteiger partial charge in [0.2, 0.25) is 0 Å². The first-order valence-electron chi connectivity index (χ1n) is 7.33. The molecule has 0 unspecified atom stereocenters. The van der Waals surface area contributed by atoms with E-state index in [4.69, 9.17) is 0 Å². The Morgan fingerprint density at radius 3 is 2.40 bits per heavy atom. The molecule has 4 nitrogen and oxygen atoms in total. The van der Waals surface area contributed by atoms with E-state index in [9.17, 15) is 15.0 Å². The summed E-state index contributed by atoms with van der Waals surface area (Å²) in [6, 6.07) is 4.72. The lowest BCUT2D eigenvalue weighted by Gasteiger charge is -2.26. The Kier molecular flexibility index (Phi) is 5.01. The van der Waals surface area contributed by atoms with Crippen LogP contribution in [0.4, 0.5) is 0 Å². The Morgan fingerprint density at radius 1 is 1.15 bits per heavy atom. The predicted molar refractivity (Wildman–Crippen MR) is 78.2 cm³/mol. The molecule has 2 rings (SSSR count). The van der Waals surface area contributed by atoms with E-state index in [-0.39, 0.29) is 17.3 Å². The van der Waals surface area contributed by atoms with Gasteiger partial charge in [-0.05, 0) is 38.1 Å². The van der Waals surface area contributed by atoms with Crippen molar-refractivity contribution < 1.29 is 15.0 Å². The largest absolute Gasteiger partial charge is 0.504 e. The number of phenols is 2. The Labute approximate surface area is 120 Å². The minimum atomic E-state index is -0.243. The minimum absolute atomic E-state index is 0.0213. The third-order valence-electron chi connectivity index (χ3n) is 4.14. The van der Waals surface area contributed by atoms with Crippen molar-refractivity contribution in [3.05, 3.63) is 23.8 Å². The SMILES string of the molecule is CN(CC(=O)c1ccc(O)c(O)c1)C1CCCCCC1. The number of carbonyl (C=O) groups is 1. The van der Waals surface area contributed by atoms with Crippen LogP contribution in [-0.4, -0.2) is 40.5 Å². The Morgan fingerprint density at radius 2 is 1.80 bits per heavy atom. The van der Waals surface area contributed by atoms with Crippen molar-refractivity contribution in [2.45, 2.75) is 44.6 Å². The summed E-state index contributed by atoms with van der Waals surface area (Å²) in [5.74, 6) is -0.460. The van der Waals surface area contributed by atoms with Crippen LogP contribution in [0.1, 0.15) is 48.9 Å². The number of rotatable bonds is 4. The summed E-state index contributed by atoms with van der Waals surface area (Å²) in [6.07, 6.45) is 7.38. The van der Waals surface area contributed by atoms with Crippen LogP contribution in [0.15, 0.2) is 18.2 Å². The number of Topliss-reactive ketones (excluding diaryl/α,β-unsaturated/α-hetero) is 1. The normalized spacial score (nSPS) is 17.1. The molecule has 1 saturated carbocycles. The van der Waals surface area contributed by atoms with Crippen molar-refractivity contribution in [3.8, 4) is 11.5 Å². The van der Waals surface area contributed by atoms with Gasteiger partial charge in [-0.3, -0.25) is 9.69 Å². The van der Waals surface area contributed by atoms with Crippen LogP contribution < -0.4 is 0 Å². The number of benzene rings is 1. The van der Waals surface area contributed by atoms with E-state index in [1.807, 2.05) is 7.05 Å². The number of hydrogen-bond acceptors (Lipinski definition) is 4. The summed E-state index contributed by atoms with van der Waals surface area (Å²) < 4.78 is 0. The fourth-order valence-corrected chi connectivity index (χ4v) is 2.84. The standard InChI is InChI=1S/C16H23NO3/c1-17(13-6-4-2-3-5-7-13)11-16(20)12-8-9-14(18)15(19)10-12/h8-10,13,18-19H,2-7,11H2,1H3. The smallest absolute Gasteiger partial charge is 0.176 e. The number of carbonyl (C=O) groups excluding carboxylic acids is 1. The van der Waals surface area contributed by atoms with Crippen LogP contribution in [-0.2, 0) is 0 Å². The molecule has 4 heteroatoms. The van der Waals surface area contributed by atoms with E-state index in [2.05, 4.69) is 4.90 Å². The van der Waals surface area contributed by atoms with Gasteiger partial charge in [-0.25, -0.2) is 0 Å². The second-order valence-electron chi connectivity index (χ2n) is 5.69. The van der Waals surface area contributed by atoms with Gasteiger partial charge in [-0.15, -0.1) is 0 Å². The highest BCUT2D eigenvalue weighted by Crippen LogP contribution is 2.26. The molecule has 0 radical (unpaired) electrons. The Hall–Kier alpha value is -1.55. The van der Waals surface area contributed by atoms with Gasteiger partial charge >= 0.3 is 0 Å². The first-order chi connectivity index (χ1) is 9.58. The average Bonchev–Trinajstić information content (AvgIpc) is 2.70. The van der Waals surface area contributed by atoms with Crippen molar-refractivity contribution in [2.24, 2.45) is 0 Å². The lowest BCUT2D eigenvalue weighted by Crippen LogP contribution is -2.35. The summed E-state index contributed by atoms with van der Waals surface area (Å²) in [5, 5.41) is 18.7. The number of phenolic OH excluding ortho intramolecular Hbond substituents is 2. The van der Waals surface area contributed by atoms with E-state index >= 15 is 0 Å². The molecule has 0 atom stereocenters. The van der Waals surface area contributed by atoms with E-state index < -0.39 is 0 Å². The zero-order valence-electron chi connectivity index (χ0n) is 12.0. The zero-order valence-corrected chi connectivity index (χ0v) is 12.0. The molecule has 0 saturated heterocycles. The fourth-order valence-electron chi connectivity index (χ4n) is 2.84. The summed E-state index contributed by atoms with van der Waals surface area (Å²) in [5.41, 5.74) is 0.445. The molecule has 2 N–H and O–H groups in total. The van der Waals surface area contributed by atoms with Crippen molar-refractivity contribution in [3.63, 3.8) is 0 Å². The zero-order chi connectivity index (χ0) is 14.5. The van der Waals surface area contributed by atoms with Crippen LogP contribution in [0.25, 0.3) is 0 Å². The minimum Gasteiger partial charge on any atom is -0.504 e. The van der Waals surface area contributed by atoms with Crippen LogP contribution in [0.5, 0.6) is 11.5 Å². The first kappa shape index (κ1) is 14.9. The maximum atomic E-state index is 12.2. The highest BCUT2D eigenvalue weighted by Gasteiger charge is 2.20. The summed E-state index contributed by atoms with van der Waals surface area (Å²) >= 11 is 0. The van der Waals surface area contributed by atoms with Gasteiger partial charge < -0.3 is 10.2 Å². The van der Waals surface area contributed by atoms with Gasteiger partial charge in [0.25, 0.3) is 0 Å². The highest BCUT2D eigenvalue weighted by atomic mass is 16.3. The molecule has 0 amide bonds. The van der Waals surface area contributed by atoms with Gasteiger partial charge in [0.05, 0.1) is 6.54 Å². The van der Waals surface area contributed by atoms with Crippen LogP contribution in [0.2, 0.25) is 0 Å². The molecule has 1 fully saturated rings. The molecule has 1 aliphatic rings. The van der Waals surface area contributed by atoms with Gasteiger partial charge in [0, 0.05) is 11.6 Å². The van der Waals surface area contributed by atoms with Gasteiger partial charge in [0.1, 0.15) is 0 Å². The van der Waals surface area contributed by atoms with Crippen LogP contribution in [0, 0.1) is 0 Å². The summed E-state index contributed by atoms with van der Waals surface area (Å²) in [7, 11) is 1.99. The first-order valence-corrected chi connectivity index (χ1v) is 7.33. The molecule has 110 valence electrons. The van der Waals surface area contributed by atoms with Crippen molar-refractivity contribution in [1.82, 2.24) is 4.90 Å². The highest BCUT2D eigenvalue weighted by molar-refractivity contribution is 5.98. The van der Waals surface area contributed by atoms with Crippen molar-refractivity contribution >= 4 is 5.78 Å². The number of aromatic hydroxyl groups is 2. The molecule has 0 aromatic heterocycles. The molecule has 1 aromatic rings. The van der Waals surface area contributed by atoms with Gasteiger partial charge in [-0.2, -0.15) is 0 Å². The lowest BCUT2D eigenvalue weighted by molar-refractivity contribution is 0.0911. The number of nitrogens with zero attached hydrogens (tertiary/aromatic N) is 1. The fraction of sp³-hybridized carbons (Fsp3) is 0.562. The van der Waals surface area contributed by atoms with E-state index in [1.54, 1.807) is 6.07 Å². The topological polar surface area (TPSA) is 60.8 Å². The van der Waals surface area contributed by atoms with E-state index in [0.29, 0.717) is 18.2 Å². The third-order valence-corrected chi connectivity index (χ3v) is 4.14. The molecular formula is C16H23NO3. The number of ketones is 1.